The number of nitrogens with zero attached hydrogens (tertiary/aromatic N) is 6. The summed E-state index contributed by atoms with van der Waals surface area (Å²) in [6, 6.07) is 0. The van der Waals surface area contributed by atoms with Gasteiger partial charge < -0.3 is 23.8 Å². The molecule has 0 amide bonds. The lowest BCUT2D eigenvalue weighted by Gasteiger charge is -2.34. The Balaban J connectivity index is 2.31. The van der Waals surface area contributed by atoms with E-state index in [2.05, 4.69) is 15.0 Å². The molecule has 1 aliphatic rings. The van der Waals surface area contributed by atoms with Crippen molar-refractivity contribution in [2.45, 2.75) is 56.9 Å². The minimum absolute atomic E-state index is 0.0205. The Labute approximate surface area is 221 Å². The van der Waals surface area contributed by atoms with Crippen LogP contribution >= 0.6 is 11.8 Å². The molecular weight excluding hydrogens is 524 g/mol. The van der Waals surface area contributed by atoms with Gasteiger partial charge in [-0.15, -0.1) is 0 Å². The Morgan fingerprint density at radius 3 is 2.47 bits per heavy atom. The molecule has 3 heterocycles. The van der Waals surface area contributed by atoms with Gasteiger partial charge in [0.1, 0.15) is 18.1 Å². The number of hydrogen-bond acceptors (Lipinski definition) is 13. The lowest BCUT2D eigenvalue weighted by molar-refractivity contribution is -0.383. The Morgan fingerprint density at radius 1 is 1.26 bits per heavy atom. The van der Waals surface area contributed by atoms with Gasteiger partial charge in [-0.3, -0.25) is 29.1 Å². The third-order valence-electron chi connectivity index (χ3n) is 5.46. The van der Waals surface area contributed by atoms with Crippen molar-refractivity contribution in [3.63, 3.8) is 0 Å². The number of nitro groups is 1. The Morgan fingerprint density at radius 2 is 1.95 bits per heavy atom. The molecule has 38 heavy (non-hydrogen) atoms. The second kappa shape index (κ2) is 11.3. The molecule has 0 spiro atoms. The van der Waals surface area contributed by atoms with E-state index in [0.29, 0.717) is 0 Å². The normalized spacial score (nSPS) is 23.0. The first-order chi connectivity index (χ1) is 17.8. The lowest BCUT2D eigenvalue weighted by Crippen LogP contribution is -2.50. The lowest BCUT2D eigenvalue weighted by atomic mass is 9.95. The molecule has 16 heteroatoms. The zero-order valence-electron chi connectivity index (χ0n) is 21.9. The molecule has 4 atom stereocenters. The van der Waals surface area contributed by atoms with Crippen LogP contribution in [0.5, 0.6) is 0 Å². The fraction of sp³-hybridized carbons (Fsp3) is 0.545. The number of aliphatic imine (C=N–C) groups is 1. The zero-order chi connectivity index (χ0) is 28.4. The average Bonchev–Trinajstić information content (AvgIpc) is 3.31. The monoisotopic (exact) mass is 552 g/mol. The van der Waals surface area contributed by atoms with Gasteiger partial charge in [-0.25, -0.2) is 15.0 Å². The van der Waals surface area contributed by atoms with E-state index in [-0.39, 0.29) is 34.3 Å². The van der Waals surface area contributed by atoms with Crippen LogP contribution in [0.3, 0.4) is 0 Å². The zero-order valence-corrected chi connectivity index (χ0v) is 22.7. The molecule has 2 unspecified atom stereocenters. The van der Waals surface area contributed by atoms with E-state index in [4.69, 9.17) is 18.9 Å². The molecule has 1 saturated heterocycles. The summed E-state index contributed by atoms with van der Waals surface area (Å²) in [6.45, 7) is 4.63. The summed E-state index contributed by atoms with van der Waals surface area (Å²) in [7, 11) is 3.46. The molecule has 0 saturated carbocycles. The van der Waals surface area contributed by atoms with E-state index in [1.807, 2.05) is 0 Å². The first-order valence-corrected chi connectivity index (χ1v) is 12.5. The summed E-state index contributed by atoms with van der Waals surface area (Å²) in [4.78, 5) is 61.9. The van der Waals surface area contributed by atoms with Crippen molar-refractivity contribution in [3.05, 3.63) is 16.3 Å². The summed E-state index contributed by atoms with van der Waals surface area (Å²) in [5.41, 5.74) is -2.01. The molecule has 0 aliphatic carbocycles. The fourth-order valence-electron chi connectivity index (χ4n) is 4.10. The van der Waals surface area contributed by atoms with Crippen LogP contribution in [-0.2, 0) is 33.3 Å². The van der Waals surface area contributed by atoms with Crippen LogP contribution in [-0.4, -0.2) is 93.4 Å². The highest BCUT2D eigenvalue weighted by Gasteiger charge is 2.60. The predicted octanol–water partition coefficient (Wildman–Crippen LogP) is 2.00. The van der Waals surface area contributed by atoms with Gasteiger partial charge >= 0.3 is 17.9 Å². The standard InChI is InChI=1S/C22H28N6O9S/c1-11(29)34-9-15-17(35-12(2)30)22(4,37-13(3)31)20(36-15)27-8-14(28(32)33)16-18(23-10-26(5)6)24-21(38-7)25-19(16)27/h8,10,15,17,20H,9H2,1-7H3/t15-,17-,20?,22?/m1/s1. The Kier molecular flexibility index (Phi) is 8.56. The molecule has 0 aromatic carbocycles. The Bertz CT molecular complexity index is 1300. The summed E-state index contributed by atoms with van der Waals surface area (Å²) in [5.74, 6) is -2.01. The van der Waals surface area contributed by atoms with Gasteiger partial charge in [0.2, 0.25) is 0 Å². The van der Waals surface area contributed by atoms with Crippen LogP contribution in [0.4, 0.5) is 11.5 Å². The van der Waals surface area contributed by atoms with E-state index < -0.39 is 46.9 Å². The minimum atomic E-state index is -1.71. The van der Waals surface area contributed by atoms with Crippen molar-refractivity contribution in [3.8, 4) is 0 Å². The van der Waals surface area contributed by atoms with Crippen molar-refractivity contribution in [1.29, 1.82) is 0 Å². The van der Waals surface area contributed by atoms with Gasteiger partial charge in [0.15, 0.2) is 34.6 Å². The van der Waals surface area contributed by atoms with Crippen molar-refractivity contribution in [2.24, 2.45) is 4.99 Å². The van der Waals surface area contributed by atoms with Gasteiger partial charge in [-0.2, -0.15) is 0 Å². The summed E-state index contributed by atoms with van der Waals surface area (Å²) in [5, 5.41) is 12.4. The molecule has 2 aromatic heterocycles. The van der Waals surface area contributed by atoms with Crippen LogP contribution in [0.15, 0.2) is 16.3 Å². The molecule has 1 fully saturated rings. The molecule has 0 N–H and O–H groups in total. The van der Waals surface area contributed by atoms with Crippen LogP contribution < -0.4 is 0 Å². The molecule has 2 aromatic rings. The highest BCUT2D eigenvalue weighted by atomic mass is 32.2. The smallest absolute Gasteiger partial charge is 0.303 e. The van der Waals surface area contributed by atoms with E-state index >= 15 is 0 Å². The number of hydrogen-bond donors (Lipinski definition) is 0. The number of fused-ring (bicyclic) bond motifs is 1. The molecule has 206 valence electrons. The summed E-state index contributed by atoms with van der Waals surface area (Å²) in [6.07, 6.45) is 0.725. The molecule has 1 aliphatic heterocycles. The van der Waals surface area contributed by atoms with Crippen LogP contribution in [0.2, 0.25) is 0 Å². The third kappa shape index (κ3) is 5.85. The SMILES string of the molecule is CSc1nc(N=CN(C)C)c2c([N+](=O)[O-])cn(C3O[C@H](COC(C)=O)[C@@H](OC(C)=O)C3(C)OC(C)=O)c2n1. The van der Waals surface area contributed by atoms with Gasteiger partial charge in [0.05, 0.1) is 17.5 Å². The highest BCUT2D eigenvalue weighted by molar-refractivity contribution is 7.98. The number of thioether (sulfide) groups is 1. The van der Waals surface area contributed by atoms with Crippen molar-refractivity contribution >= 4 is 58.5 Å². The van der Waals surface area contributed by atoms with Gasteiger partial charge in [-0.05, 0) is 13.2 Å². The quantitative estimate of drug-likeness (QED) is 0.0645. The first kappa shape index (κ1) is 28.8. The van der Waals surface area contributed by atoms with Crippen molar-refractivity contribution < 1.29 is 38.3 Å². The van der Waals surface area contributed by atoms with Crippen LogP contribution in [0.25, 0.3) is 11.0 Å². The maximum Gasteiger partial charge on any atom is 0.303 e. The number of aromatic nitrogens is 3. The number of ether oxygens (including phenoxy) is 4. The number of carbonyl (C=O) groups is 3. The molecular formula is C22H28N6O9S. The van der Waals surface area contributed by atoms with E-state index in [9.17, 15) is 24.5 Å². The van der Waals surface area contributed by atoms with E-state index in [1.165, 1.54) is 42.7 Å². The van der Waals surface area contributed by atoms with Crippen molar-refractivity contribution in [1.82, 2.24) is 19.4 Å². The van der Waals surface area contributed by atoms with Gasteiger partial charge in [0.25, 0.3) is 5.69 Å². The van der Waals surface area contributed by atoms with Crippen LogP contribution in [0, 0.1) is 10.1 Å². The van der Waals surface area contributed by atoms with Gasteiger partial charge in [-0.1, -0.05) is 11.8 Å². The topological polar surface area (TPSA) is 178 Å². The number of carbonyl (C=O) groups excluding carboxylic acids is 3. The average molecular weight is 553 g/mol. The maximum absolute atomic E-state index is 12.2. The fourth-order valence-corrected chi connectivity index (χ4v) is 4.46. The number of rotatable bonds is 9. The minimum Gasteiger partial charge on any atom is -0.463 e. The molecule has 15 nitrogen and oxygen atoms in total. The third-order valence-corrected chi connectivity index (χ3v) is 6.01. The molecule has 0 radical (unpaired) electrons. The first-order valence-electron chi connectivity index (χ1n) is 11.3. The highest BCUT2D eigenvalue weighted by Crippen LogP contribution is 2.46. The molecule has 3 rings (SSSR count). The second-order valence-electron chi connectivity index (χ2n) is 8.76. The summed E-state index contributed by atoms with van der Waals surface area (Å²) >= 11 is 1.19. The van der Waals surface area contributed by atoms with Gasteiger partial charge in [0, 0.05) is 34.9 Å². The van der Waals surface area contributed by atoms with Crippen LogP contribution in [0.1, 0.15) is 33.9 Å². The predicted molar refractivity (Wildman–Crippen MR) is 134 cm³/mol. The van der Waals surface area contributed by atoms with E-state index in [1.54, 1.807) is 25.3 Å². The molecule has 0 bridgehead atoms. The summed E-state index contributed by atoms with van der Waals surface area (Å²) < 4.78 is 23.7. The maximum atomic E-state index is 12.2. The largest absolute Gasteiger partial charge is 0.463 e. The number of esters is 3. The Hall–Kier alpha value is -3.79. The van der Waals surface area contributed by atoms with Crippen molar-refractivity contribution in [2.75, 3.05) is 27.0 Å². The van der Waals surface area contributed by atoms with E-state index in [0.717, 1.165) is 13.8 Å². The second-order valence-corrected chi connectivity index (χ2v) is 9.53.